The summed E-state index contributed by atoms with van der Waals surface area (Å²) in [6.45, 7) is 1.36. The lowest BCUT2D eigenvalue weighted by molar-refractivity contribution is -0.137. The molecule has 0 radical (unpaired) electrons. The van der Waals surface area contributed by atoms with E-state index in [1.54, 1.807) is 21.9 Å². The van der Waals surface area contributed by atoms with E-state index >= 15 is 0 Å². The molecule has 174 valence electrons. The summed E-state index contributed by atoms with van der Waals surface area (Å²) in [6, 6.07) is 6.11. The van der Waals surface area contributed by atoms with Gasteiger partial charge in [-0.2, -0.15) is 18.4 Å². The number of hydrogen-bond acceptors (Lipinski definition) is 5. The number of carbonyl (C=O) groups is 2. The highest BCUT2D eigenvalue weighted by atomic mass is 19.4. The van der Waals surface area contributed by atoms with Gasteiger partial charge >= 0.3 is 6.18 Å². The fourth-order valence-electron chi connectivity index (χ4n) is 4.89. The number of rotatable bonds is 3. The predicted molar refractivity (Wildman–Crippen MR) is 112 cm³/mol. The maximum absolute atomic E-state index is 13.5. The predicted octanol–water partition coefficient (Wildman–Crippen LogP) is 3.42. The van der Waals surface area contributed by atoms with Crippen LogP contribution < -0.4 is 10.2 Å². The normalized spacial score (nSPS) is 20.0. The minimum absolute atomic E-state index is 0.127. The lowest BCUT2D eigenvalue weighted by Crippen LogP contribution is -2.44. The molecule has 0 aliphatic carbocycles. The molecule has 1 unspecified atom stereocenters. The second-order valence-electron chi connectivity index (χ2n) is 8.61. The summed E-state index contributed by atoms with van der Waals surface area (Å²) < 4.78 is 45.5. The summed E-state index contributed by atoms with van der Waals surface area (Å²) in [7, 11) is 1.50. The van der Waals surface area contributed by atoms with Crippen molar-refractivity contribution < 1.29 is 27.2 Å². The summed E-state index contributed by atoms with van der Waals surface area (Å²) in [4.78, 5) is 28.7. The van der Waals surface area contributed by atoms with Crippen LogP contribution in [0.3, 0.4) is 0 Å². The van der Waals surface area contributed by atoms with Crippen LogP contribution in [0.5, 0.6) is 0 Å². The molecule has 1 atom stereocenters. The molecule has 2 aliphatic rings. The number of furan rings is 1. The highest BCUT2D eigenvalue weighted by Crippen LogP contribution is 2.46. The Hall–Kier alpha value is -3.48. The smallest absolute Gasteiger partial charge is 0.417 e. The minimum Gasteiger partial charge on any atom is -0.472 e. The summed E-state index contributed by atoms with van der Waals surface area (Å²) in [5, 5.41) is 11.7. The fraction of sp³-hybridized carbons (Fsp3) is 0.435. The number of amides is 2. The van der Waals surface area contributed by atoms with E-state index in [2.05, 4.69) is 5.32 Å². The first-order valence-electron chi connectivity index (χ1n) is 10.6. The number of hydrogen-bond donors (Lipinski definition) is 1. The van der Waals surface area contributed by atoms with Crippen molar-refractivity contribution in [2.45, 2.75) is 31.5 Å². The Morgan fingerprint density at radius 2 is 1.97 bits per heavy atom. The third-order valence-electron chi connectivity index (χ3n) is 6.70. The van der Waals surface area contributed by atoms with Gasteiger partial charge in [0.1, 0.15) is 12.3 Å². The van der Waals surface area contributed by atoms with Gasteiger partial charge < -0.3 is 19.5 Å². The average molecular weight is 460 g/mol. The number of likely N-dealkylation sites (N-methyl/N-ethyl adjacent to an activating group) is 1. The number of alkyl halides is 3. The van der Waals surface area contributed by atoms with Crippen LogP contribution in [0.1, 0.15) is 40.7 Å². The Morgan fingerprint density at radius 3 is 2.55 bits per heavy atom. The van der Waals surface area contributed by atoms with E-state index in [0.29, 0.717) is 44.5 Å². The van der Waals surface area contributed by atoms with Gasteiger partial charge in [-0.05, 0) is 48.9 Å². The van der Waals surface area contributed by atoms with Crippen LogP contribution in [-0.2, 0) is 11.0 Å². The number of likely N-dealkylation sites (tertiary alicyclic amines) is 1. The van der Waals surface area contributed by atoms with Crippen molar-refractivity contribution in [3.8, 4) is 6.07 Å². The van der Waals surface area contributed by atoms with Gasteiger partial charge in [0.25, 0.3) is 5.91 Å². The lowest BCUT2D eigenvalue weighted by Gasteiger charge is -2.39. The molecule has 2 aromatic rings. The van der Waals surface area contributed by atoms with Crippen molar-refractivity contribution in [1.82, 2.24) is 10.2 Å². The molecule has 7 nitrogen and oxygen atoms in total. The van der Waals surface area contributed by atoms with Crippen molar-refractivity contribution in [2.24, 2.45) is 5.41 Å². The first-order chi connectivity index (χ1) is 15.7. The zero-order valence-corrected chi connectivity index (χ0v) is 18.0. The van der Waals surface area contributed by atoms with Crippen LogP contribution >= 0.6 is 0 Å². The molecule has 2 fully saturated rings. The third kappa shape index (κ3) is 4.27. The summed E-state index contributed by atoms with van der Waals surface area (Å²) in [6.07, 6.45) is -0.115. The Morgan fingerprint density at radius 1 is 1.24 bits per heavy atom. The van der Waals surface area contributed by atoms with Crippen LogP contribution in [-0.4, -0.2) is 49.4 Å². The molecule has 1 aromatic carbocycles. The van der Waals surface area contributed by atoms with Gasteiger partial charge in [-0.1, -0.05) is 0 Å². The maximum Gasteiger partial charge on any atom is 0.417 e. The van der Waals surface area contributed by atoms with Gasteiger partial charge in [0.15, 0.2) is 0 Å². The average Bonchev–Trinajstić information content (AvgIpc) is 3.47. The zero-order valence-electron chi connectivity index (χ0n) is 18.0. The van der Waals surface area contributed by atoms with Gasteiger partial charge in [-0.25, -0.2) is 0 Å². The quantitative estimate of drug-likeness (QED) is 0.758. The van der Waals surface area contributed by atoms with E-state index < -0.39 is 23.3 Å². The maximum atomic E-state index is 13.5. The highest BCUT2D eigenvalue weighted by molar-refractivity contribution is 5.94. The van der Waals surface area contributed by atoms with Gasteiger partial charge in [0, 0.05) is 32.4 Å². The SMILES string of the molecule is CNC(=O)C1CC2(CCN(C(=O)c3ccoc3)CC2)CN1c1ccc(C#N)c(C(F)(F)F)c1. The van der Waals surface area contributed by atoms with E-state index in [-0.39, 0.29) is 22.9 Å². The number of nitriles is 1. The van der Waals surface area contributed by atoms with Gasteiger partial charge in [0.05, 0.1) is 29.0 Å². The molecule has 0 bridgehead atoms. The van der Waals surface area contributed by atoms with Gasteiger partial charge in [-0.15, -0.1) is 0 Å². The van der Waals surface area contributed by atoms with E-state index in [1.807, 2.05) is 0 Å². The zero-order chi connectivity index (χ0) is 23.8. The standard InChI is InChI=1S/C23H23F3N4O3/c1-28-20(31)19-11-22(5-7-29(8-6-22)21(32)16-4-9-33-13-16)14-30(19)17-3-2-15(12-27)18(10-17)23(24,25)26/h2-4,9-10,13,19H,5-8,11,14H2,1H3,(H,28,31). The molecular formula is C23H23F3N4O3. The van der Waals surface area contributed by atoms with Crippen molar-refractivity contribution in [2.75, 3.05) is 31.6 Å². The second-order valence-corrected chi connectivity index (χ2v) is 8.61. The lowest BCUT2D eigenvalue weighted by atomic mass is 9.76. The molecule has 33 heavy (non-hydrogen) atoms. The number of carbonyl (C=O) groups excluding carboxylic acids is 2. The van der Waals surface area contributed by atoms with Crippen LogP contribution in [0.15, 0.2) is 41.2 Å². The molecule has 1 aromatic heterocycles. The van der Waals surface area contributed by atoms with E-state index in [0.717, 1.165) is 12.1 Å². The molecule has 1 N–H and O–H groups in total. The molecule has 0 saturated carbocycles. The van der Waals surface area contributed by atoms with E-state index in [1.165, 1.54) is 25.6 Å². The van der Waals surface area contributed by atoms with Crippen LogP contribution in [0.4, 0.5) is 18.9 Å². The Balaban J connectivity index is 1.58. The Bertz CT molecular complexity index is 1080. The van der Waals surface area contributed by atoms with Crippen molar-refractivity contribution in [3.63, 3.8) is 0 Å². The Kier molecular flexibility index (Phi) is 5.82. The number of piperidine rings is 1. The second kappa shape index (κ2) is 8.46. The number of nitrogens with one attached hydrogen (secondary N) is 1. The third-order valence-corrected chi connectivity index (χ3v) is 6.70. The largest absolute Gasteiger partial charge is 0.472 e. The van der Waals surface area contributed by atoms with Gasteiger partial charge in [-0.3, -0.25) is 9.59 Å². The molecule has 10 heteroatoms. The first-order valence-corrected chi connectivity index (χ1v) is 10.6. The molecule has 1 spiro atoms. The fourth-order valence-corrected chi connectivity index (χ4v) is 4.89. The van der Waals surface area contributed by atoms with Crippen LogP contribution in [0.25, 0.3) is 0 Å². The summed E-state index contributed by atoms with van der Waals surface area (Å²) in [5.74, 6) is -0.403. The van der Waals surface area contributed by atoms with Crippen LogP contribution in [0, 0.1) is 16.7 Å². The number of halogens is 3. The van der Waals surface area contributed by atoms with E-state index in [4.69, 9.17) is 9.68 Å². The van der Waals surface area contributed by atoms with Crippen molar-refractivity contribution >= 4 is 17.5 Å². The molecule has 2 amide bonds. The number of nitrogens with zero attached hydrogens (tertiary/aromatic N) is 3. The van der Waals surface area contributed by atoms with Crippen molar-refractivity contribution in [1.29, 1.82) is 5.26 Å². The Labute approximate surface area is 188 Å². The first kappa shape index (κ1) is 22.7. The van der Waals surface area contributed by atoms with E-state index in [9.17, 15) is 22.8 Å². The molecule has 4 rings (SSSR count). The highest BCUT2D eigenvalue weighted by Gasteiger charge is 2.49. The molecular weight excluding hydrogens is 437 g/mol. The minimum atomic E-state index is -4.68. The van der Waals surface area contributed by atoms with Crippen molar-refractivity contribution in [3.05, 3.63) is 53.5 Å². The summed E-state index contributed by atoms with van der Waals surface area (Å²) >= 11 is 0. The number of anilines is 1. The molecule has 3 heterocycles. The molecule has 2 aliphatic heterocycles. The monoisotopic (exact) mass is 460 g/mol. The molecule has 2 saturated heterocycles. The summed E-state index contributed by atoms with van der Waals surface area (Å²) in [5.41, 5.74) is -1.05. The van der Waals surface area contributed by atoms with Crippen LogP contribution in [0.2, 0.25) is 0 Å². The van der Waals surface area contributed by atoms with Gasteiger partial charge in [0.2, 0.25) is 5.91 Å². The topological polar surface area (TPSA) is 89.6 Å². The number of benzene rings is 1.